The van der Waals surface area contributed by atoms with E-state index in [1.54, 1.807) is 30.0 Å². The number of thiophene rings is 1. The zero-order chi connectivity index (χ0) is 24.7. The van der Waals surface area contributed by atoms with Gasteiger partial charge in [-0.15, -0.1) is 11.3 Å². The van der Waals surface area contributed by atoms with Crippen LogP contribution in [0.3, 0.4) is 0 Å². The summed E-state index contributed by atoms with van der Waals surface area (Å²) in [5.74, 6) is -1.32. The standard InChI is InChI=1S/C22H24ClN3O6S2/c1-13-15(26-11-10-22(8-9-22)21(26)29)4-3-5-17(13)34(30,31)25-14(20(28)32-2)12-24-19(27)16-6-7-18(23)33-16/h3-7,14,25H,8-12H2,1-2H3,(H,24,27)/t14-/m0/s1. The summed E-state index contributed by atoms with van der Waals surface area (Å²) in [5.41, 5.74) is 0.664. The van der Waals surface area contributed by atoms with Crippen molar-refractivity contribution >= 4 is 56.4 Å². The minimum atomic E-state index is -4.19. The monoisotopic (exact) mass is 525 g/mol. The Labute approximate surface area is 206 Å². The molecule has 1 spiro atoms. The Hall–Kier alpha value is -2.47. The second-order valence-electron chi connectivity index (χ2n) is 8.40. The van der Waals surface area contributed by atoms with E-state index in [1.165, 1.54) is 12.1 Å². The molecule has 34 heavy (non-hydrogen) atoms. The lowest BCUT2D eigenvalue weighted by molar-refractivity contribution is -0.142. The minimum absolute atomic E-state index is 0.0296. The summed E-state index contributed by atoms with van der Waals surface area (Å²) in [6.45, 7) is 1.84. The Bertz CT molecular complexity index is 1260. The Morgan fingerprint density at radius 3 is 2.56 bits per heavy atom. The molecule has 182 valence electrons. The number of methoxy groups -OCH3 is 1. The lowest BCUT2D eigenvalue weighted by atomic mass is 10.1. The van der Waals surface area contributed by atoms with Crippen LogP contribution in [-0.4, -0.2) is 52.4 Å². The van der Waals surface area contributed by atoms with Gasteiger partial charge in [-0.2, -0.15) is 4.72 Å². The maximum atomic E-state index is 13.2. The smallest absolute Gasteiger partial charge is 0.325 e. The van der Waals surface area contributed by atoms with Crippen molar-refractivity contribution in [2.45, 2.75) is 37.1 Å². The maximum absolute atomic E-state index is 13.2. The van der Waals surface area contributed by atoms with Gasteiger partial charge in [0.05, 0.1) is 26.6 Å². The number of nitrogens with one attached hydrogen (secondary N) is 2. The second kappa shape index (κ2) is 9.29. The number of carbonyl (C=O) groups excluding carboxylic acids is 3. The topological polar surface area (TPSA) is 122 Å². The van der Waals surface area contributed by atoms with Crippen molar-refractivity contribution < 1.29 is 27.5 Å². The van der Waals surface area contributed by atoms with Gasteiger partial charge in [0.15, 0.2) is 0 Å². The predicted octanol–water partition coefficient (Wildman–Crippen LogP) is 2.48. The van der Waals surface area contributed by atoms with Gasteiger partial charge in [0.25, 0.3) is 5.91 Å². The van der Waals surface area contributed by atoms with Crippen LogP contribution in [0.1, 0.15) is 34.5 Å². The van der Waals surface area contributed by atoms with Crippen molar-refractivity contribution in [3.05, 3.63) is 45.1 Å². The molecule has 2 aliphatic rings. The first-order chi connectivity index (χ1) is 16.1. The average molecular weight is 526 g/mol. The van der Waals surface area contributed by atoms with Gasteiger partial charge < -0.3 is 15.0 Å². The van der Waals surface area contributed by atoms with Gasteiger partial charge in [-0.25, -0.2) is 8.42 Å². The van der Waals surface area contributed by atoms with Crippen molar-refractivity contribution in [3.8, 4) is 0 Å². The molecule has 2 heterocycles. The van der Waals surface area contributed by atoms with Crippen LogP contribution < -0.4 is 14.9 Å². The van der Waals surface area contributed by atoms with Crippen LogP contribution in [0.25, 0.3) is 0 Å². The van der Waals surface area contributed by atoms with Crippen molar-refractivity contribution in [3.63, 3.8) is 0 Å². The zero-order valence-electron chi connectivity index (χ0n) is 18.6. The zero-order valence-corrected chi connectivity index (χ0v) is 21.0. The van der Waals surface area contributed by atoms with Gasteiger partial charge >= 0.3 is 5.97 Å². The average Bonchev–Trinajstić information content (AvgIpc) is 3.36. The highest BCUT2D eigenvalue weighted by atomic mass is 35.5. The quantitative estimate of drug-likeness (QED) is 0.511. The molecule has 1 aliphatic carbocycles. The van der Waals surface area contributed by atoms with E-state index in [1.807, 2.05) is 0 Å². The number of ether oxygens (including phenoxy) is 1. The van der Waals surface area contributed by atoms with E-state index in [0.717, 1.165) is 37.7 Å². The van der Waals surface area contributed by atoms with Crippen LogP contribution in [0.4, 0.5) is 5.69 Å². The lowest BCUT2D eigenvalue weighted by Crippen LogP contribution is -2.48. The molecule has 0 bridgehead atoms. The van der Waals surface area contributed by atoms with E-state index < -0.39 is 27.9 Å². The van der Waals surface area contributed by atoms with Gasteiger partial charge in [-0.05, 0) is 56.0 Å². The summed E-state index contributed by atoms with van der Waals surface area (Å²) in [4.78, 5) is 39.3. The number of rotatable bonds is 8. The highest BCUT2D eigenvalue weighted by Gasteiger charge is 2.56. The van der Waals surface area contributed by atoms with E-state index in [9.17, 15) is 22.8 Å². The summed E-state index contributed by atoms with van der Waals surface area (Å²) in [6.07, 6.45) is 2.50. The number of amides is 2. The number of hydrogen-bond acceptors (Lipinski definition) is 7. The normalized spacial score (nSPS) is 17.6. The third kappa shape index (κ3) is 4.70. The van der Waals surface area contributed by atoms with Crippen molar-refractivity contribution in [1.82, 2.24) is 10.0 Å². The Balaban J connectivity index is 1.53. The summed E-state index contributed by atoms with van der Waals surface area (Å²) < 4.78 is 34.0. The van der Waals surface area contributed by atoms with Crippen LogP contribution in [0.15, 0.2) is 35.2 Å². The molecular weight excluding hydrogens is 502 g/mol. The highest BCUT2D eigenvalue weighted by molar-refractivity contribution is 7.89. The fourth-order valence-corrected chi connectivity index (χ4v) is 6.54. The van der Waals surface area contributed by atoms with Crippen molar-refractivity contribution in [2.75, 3.05) is 25.1 Å². The van der Waals surface area contributed by atoms with Crippen molar-refractivity contribution in [1.29, 1.82) is 0 Å². The molecule has 2 aromatic rings. The third-order valence-corrected chi connectivity index (χ3v) is 9.10. The summed E-state index contributed by atoms with van der Waals surface area (Å²) in [5, 5.41) is 2.53. The fraction of sp³-hybridized carbons (Fsp3) is 0.409. The molecule has 12 heteroatoms. The maximum Gasteiger partial charge on any atom is 0.325 e. The number of benzene rings is 1. The second-order valence-corrected chi connectivity index (χ2v) is 11.8. The number of esters is 1. The number of anilines is 1. The molecule has 4 rings (SSSR count). The number of nitrogens with zero attached hydrogens (tertiary/aromatic N) is 1. The predicted molar refractivity (Wildman–Crippen MR) is 128 cm³/mol. The minimum Gasteiger partial charge on any atom is -0.468 e. The molecule has 1 aromatic carbocycles. The molecule has 1 aliphatic heterocycles. The van der Waals surface area contributed by atoms with Crippen molar-refractivity contribution in [2.24, 2.45) is 5.41 Å². The van der Waals surface area contributed by atoms with Crippen LogP contribution >= 0.6 is 22.9 Å². The molecule has 1 saturated carbocycles. The van der Waals surface area contributed by atoms with Crippen LogP contribution in [0.2, 0.25) is 4.34 Å². The van der Waals surface area contributed by atoms with E-state index in [4.69, 9.17) is 16.3 Å². The number of hydrogen-bond donors (Lipinski definition) is 2. The Morgan fingerprint density at radius 2 is 1.97 bits per heavy atom. The van der Waals surface area contributed by atoms with E-state index in [-0.39, 0.29) is 22.8 Å². The Morgan fingerprint density at radius 1 is 1.24 bits per heavy atom. The molecule has 9 nitrogen and oxygen atoms in total. The van der Waals surface area contributed by atoms with Gasteiger partial charge in [0.1, 0.15) is 6.04 Å². The molecule has 0 radical (unpaired) electrons. The number of carbonyl (C=O) groups is 3. The first-order valence-corrected chi connectivity index (χ1v) is 13.3. The molecule has 1 atom stereocenters. The fourth-order valence-electron chi connectivity index (χ4n) is 4.14. The number of halogens is 1. The summed E-state index contributed by atoms with van der Waals surface area (Å²) >= 11 is 6.90. The van der Waals surface area contributed by atoms with Gasteiger partial charge in [0, 0.05) is 18.8 Å². The first-order valence-electron chi connectivity index (χ1n) is 10.6. The highest BCUT2D eigenvalue weighted by Crippen LogP contribution is 2.54. The van der Waals surface area contributed by atoms with E-state index in [2.05, 4.69) is 10.0 Å². The molecule has 0 unspecified atom stereocenters. The van der Waals surface area contributed by atoms with Gasteiger partial charge in [0.2, 0.25) is 15.9 Å². The SMILES string of the molecule is COC(=O)[C@H](CNC(=O)c1ccc(Cl)s1)NS(=O)(=O)c1cccc(N2CCC3(CC3)C2=O)c1C. The first kappa shape index (κ1) is 24.6. The van der Waals surface area contributed by atoms with Gasteiger partial charge in [-0.1, -0.05) is 17.7 Å². The van der Waals surface area contributed by atoms with Crippen LogP contribution in [0, 0.1) is 12.3 Å². The molecule has 2 fully saturated rings. The van der Waals surface area contributed by atoms with Crippen LogP contribution in [-0.2, 0) is 24.3 Å². The van der Waals surface area contributed by atoms with Crippen LogP contribution in [0.5, 0.6) is 0 Å². The molecule has 1 aromatic heterocycles. The number of sulfonamides is 1. The molecule has 2 amide bonds. The summed E-state index contributed by atoms with van der Waals surface area (Å²) in [7, 11) is -3.07. The molecule has 2 N–H and O–H groups in total. The molecular formula is C22H24ClN3O6S2. The summed E-state index contributed by atoms with van der Waals surface area (Å²) in [6, 6.07) is 6.43. The van der Waals surface area contributed by atoms with E-state index >= 15 is 0 Å². The largest absolute Gasteiger partial charge is 0.468 e. The van der Waals surface area contributed by atoms with Gasteiger partial charge in [-0.3, -0.25) is 14.4 Å². The Kier molecular flexibility index (Phi) is 6.74. The third-order valence-electron chi connectivity index (χ3n) is 6.25. The lowest BCUT2D eigenvalue weighted by Gasteiger charge is -2.22. The molecule has 1 saturated heterocycles. The van der Waals surface area contributed by atoms with E-state index in [0.29, 0.717) is 27.0 Å².